The zero-order valence-electron chi connectivity index (χ0n) is 11.2. The van der Waals surface area contributed by atoms with Gasteiger partial charge in [0.25, 0.3) is 0 Å². The predicted molar refractivity (Wildman–Crippen MR) is 72.6 cm³/mol. The Kier molecular flexibility index (Phi) is 4.77. The van der Waals surface area contributed by atoms with E-state index >= 15 is 0 Å². The Morgan fingerprint density at radius 1 is 1.58 bits per heavy atom. The summed E-state index contributed by atoms with van der Waals surface area (Å²) in [5.74, 6) is -0.162. The first-order valence-electron chi connectivity index (χ1n) is 6.52. The maximum Gasteiger partial charge on any atom is 0.338 e. The highest BCUT2D eigenvalue weighted by Crippen LogP contribution is 2.19. The van der Waals surface area contributed by atoms with Crippen LogP contribution < -0.4 is 0 Å². The Hall–Kier alpha value is -1.13. The molecule has 1 saturated heterocycles. The summed E-state index contributed by atoms with van der Waals surface area (Å²) >= 11 is 5.92. The van der Waals surface area contributed by atoms with Crippen LogP contribution in [0, 0.1) is 0 Å². The van der Waals surface area contributed by atoms with Crippen molar-refractivity contribution in [2.75, 3.05) is 13.2 Å². The van der Waals surface area contributed by atoms with Gasteiger partial charge < -0.3 is 9.47 Å². The fourth-order valence-electron chi connectivity index (χ4n) is 1.96. The van der Waals surface area contributed by atoms with E-state index in [0.717, 1.165) is 25.1 Å². The molecule has 4 nitrogen and oxygen atoms in total. The molecule has 1 aliphatic heterocycles. The first-order valence-corrected chi connectivity index (χ1v) is 6.90. The topological polar surface area (TPSA) is 48.4 Å². The smallest absolute Gasteiger partial charge is 0.338 e. The van der Waals surface area contributed by atoms with Gasteiger partial charge in [0.05, 0.1) is 11.7 Å². The summed E-state index contributed by atoms with van der Waals surface area (Å²) in [5, 5.41) is 0.315. The van der Waals surface area contributed by atoms with Gasteiger partial charge in [0.2, 0.25) is 0 Å². The lowest BCUT2D eigenvalue weighted by molar-refractivity contribution is 0.0161. The van der Waals surface area contributed by atoms with Crippen molar-refractivity contribution in [3.8, 4) is 0 Å². The molecule has 0 radical (unpaired) electrons. The molecule has 1 atom stereocenters. The molecule has 0 N–H and O–H groups in total. The van der Waals surface area contributed by atoms with Crippen LogP contribution in [-0.4, -0.2) is 30.3 Å². The molecular formula is C14H18ClNO3. The molecule has 0 saturated carbocycles. The fraction of sp³-hybridized carbons (Fsp3) is 0.571. The van der Waals surface area contributed by atoms with E-state index in [0.29, 0.717) is 17.3 Å². The molecule has 2 heterocycles. The second-order valence-corrected chi connectivity index (χ2v) is 5.38. The number of hydrogen-bond donors (Lipinski definition) is 0. The first kappa shape index (κ1) is 14.3. The van der Waals surface area contributed by atoms with Gasteiger partial charge in [0.1, 0.15) is 11.8 Å². The molecule has 0 spiro atoms. The fourth-order valence-corrected chi connectivity index (χ4v) is 2.17. The number of carbonyl (C=O) groups excluding carboxylic acids is 1. The van der Waals surface area contributed by atoms with Gasteiger partial charge in [-0.3, -0.25) is 0 Å². The van der Waals surface area contributed by atoms with Gasteiger partial charge in [-0.05, 0) is 30.9 Å². The number of rotatable bonds is 4. The van der Waals surface area contributed by atoms with E-state index in [2.05, 4.69) is 4.98 Å². The average Bonchev–Trinajstić information content (AvgIpc) is 2.88. The number of nitrogens with zero attached hydrogens (tertiary/aromatic N) is 1. The lowest BCUT2D eigenvalue weighted by Crippen LogP contribution is -2.18. The van der Waals surface area contributed by atoms with Crippen LogP contribution in [-0.2, 0) is 9.47 Å². The molecule has 0 bridgehead atoms. The van der Waals surface area contributed by atoms with E-state index < -0.39 is 0 Å². The number of aromatic nitrogens is 1. The van der Waals surface area contributed by atoms with Crippen molar-refractivity contribution in [1.29, 1.82) is 0 Å². The second-order valence-electron chi connectivity index (χ2n) is 4.99. The van der Waals surface area contributed by atoms with Crippen molar-refractivity contribution < 1.29 is 14.3 Å². The third kappa shape index (κ3) is 3.91. The minimum absolute atomic E-state index is 0.0332. The van der Waals surface area contributed by atoms with Crippen LogP contribution in [0.25, 0.3) is 0 Å². The van der Waals surface area contributed by atoms with Gasteiger partial charge in [0, 0.05) is 12.3 Å². The molecule has 1 aromatic rings. The van der Waals surface area contributed by atoms with Crippen molar-refractivity contribution >= 4 is 17.6 Å². The monoisotopic (exact) mass is 283 g/mol. The number of hydrogen-bond acceptors (Lipinski definition) is 4. The van der Waals surface area contributed by atoms with Crippen molar-refractivity contribution in [2.45, 2.75) is 38.7 Å². The lowest BCUT2D eigenvalue weighted by Gasteiger charge is -2.11. The molecule has 1 aliphatic rings. The third-order valence-corrected chi connectivity index (χ3v) is 3.26. The summed E-state index contributed by atoms with van der Waals surface area (Å²) < 4.78 is 10.7. The third-order valence-electron chi connectivity index (χ3n) is 3.07. The molecular weight excluding hydrogens is 266 g/mol. The largest absolute Gasteiger partial charge is 0.459 e. The van der Waals surface area contributed by atoms with Crippen molar-refractivity contribution in [3.05, 3.63) is 28.5 Å². The Bertz CT molecular complexity index is 456. The van der Waals surface area contributed by atoms with Gasteiger partial charge in [-0.15, -0.1) is 0 Å². The maximum atomic E-state index is 12.0. The van der Waals surface area contributed by atoms with Gasteiger partial charge in [-0.25, -0.2) is 9.78 Å². The van der Waals surface area contributed by atoms with Crippen molar-refractivity contribution in [2.24, 2.45) is 0 Å². The standard InChI is InChI=1S/C14H18ClNO3/c1-9(2)12-6-10(7-13(15)16-12)14(17)19-8-11-4-3-5-18-11/h6-7,9,11H,3-5,8H2,1-2H3. The first-order chi connectivity index (χ1) is 9.06. The summed E-state index contributed by atoms with van der Waals surface area (Å²) in [4.78, 5) is 16.2. The molecule has 0 aliphatic carbocycles. The minimum atomic E-state index is -0.373. The Morgan fingerprint density at radius 2 is 2.37 bits per heavy atom. The van der Waals surface area contributed by atoms with Crippen LogP contribution in [0.3, 0.4) is 0 Å². The summed E-state index contributed by atoms with van der Waals surface area (Å²) in [6.07, 6.45) is 2.01. The molecule has 104 valence electrons. The van der Waals surface area contributed by atoms with Crippen LogP contribution in [0.2, 0.25) is 5.15 Å². The molecule has 1 fully saturated rings. The quantitative estimate of drug-likeness (QED) is 0.629. The van der Waals surface area contributed by atoms with Crippen LogP contribution in [0.1, 0.15) is 48.7 Å². The zero-order chi connectivity index (χ0) is 13.8. The van der Waals surface area contributed by atoms with Gasteiger partial charge in [-0.2, -0.15) is 0 Å². The Balaban J connectivity index is 2.01. The number of pyridine rings is 1. The van der Waals surface area contributed by atoms with Crippen LogP contribution in [0.5, 0.6) is 0 Å². The Morgan fingerprint density at radius 3 is 3.00 bits per heavy atom. The summed E-state index contributed by atoms with van der Waals surface area (Å²) in [6, 6.07) is 3.26. The van der Waals surface area contributed by atoms with Crippen LogP contribution in [0.4, 0.5) is 0 Å². The normalized spacial score (nSPS) is 18.8. The molecule has 1 unspecified atom stereocenters. The highest BCUT2D eigenvalue weighted by Gasteiger charge is 2.19. The van der Waals surface area contributed by atoms with Crippen molar-refractivity contribution in [3.63, 3.8) is 0 Å². The summed E-state index contributed by atoms with van der Waals surface area (Å²) in [5.41, 5.74) is 1.23. The number of carbonyl (C=O) groups is 1. The van der Waals surface area contributed by atoms with Gasteiger partial charge in [-0.1, -0.05) is 25.4 Å². The summed E-state index contributed by atoms with van der Waals surface area (Å²) in [7, 11) is 0. The van der Waals surface area contributed by atoms with Crippen LogP contribution >= 0.6 is 11.6 Å². The second kappa shape index (κ2) is 6.35. The SMILES string of the molecule is CC(C)c1cc(C(=O)OCC2CCCO2)cc(Cl)n1. The van der Waals surface area contributed by atoms with Crippen molar-refractivity contribution in [1.82, 2.24) is 4.98 Å². The van der Waals surface area contributed by atoms with E-state index in [1.807, 2.05) is 13.8 Å². The Labute approximate surface area is 118 Å². The van der Waals surface area contributed by atoms with Gasteiger partial charge >= 0.3 is 5.97 Å². The maximum absolute atomic E-state index is 12.0. The van der Waals surface area contributed by atoms with E-state index in [1.165, 1.54) is 6.07 Å². The minimum Gasteiger partial charge on any atom is -0.459 e. The van der Waals surface area contributed by atoms with Crippen LogP contribution in [0.15, 0.2) is 12.1 Å². The molecule has 0 aromatic carbocycles. The highest BCUT2D eigenvalue weighted by atomic mass is 35.5. The number of esters is 1. The van der Waals surface area contributed by atoms with E-state index in [-0.39, 0.29) is 18.0 Å². The van der Waals surface area contributed by atoms with E-state index in [1.54, 1.807) is 6.07 Å². The predicted octanol–water partition coefficient (Wildman–Crippen LogP) is 3.19. The highest BCUT2D eigenvalue weighted by molar-refractivity contribution is 6.29. The lowest BCUT2D eigenvalue weighted by atomic mass is 10.1. The zero-order valence-corrected chi connectivity index (χ0v) is 11.9. The average molecular weight is 284 g/mol. The van der Waals surface area contributed by atoms with E-state index in [4.69, 9.17) is 21.1 Å². The molecule has 0 amide bonds. The molecule has 2 rings (SSSR count). The molecule has 5 heteroatoms. The molecule has 1 aromatic heterocycles. The summed E-state index contributed by atoms with van der Waals surface area (Å²) in [6.45, 7) is 5.05. The number of halogens is 1. The molecule has 19 heavy (non-hydrogen) atoms. The number of ether oxygens (including phenoxy) is 2. The van der Waals surface area contributed by atoms with Gasteiger partial charge in [0.15, 0.2) is 0 Å². The van der Waals surface area contributed by atoms with E-state index in [9.17, 15) is 4.79 Å².